The van der Waals surface area contributed by atoms with E-state index in [0.29, 0.717) is 0 Å². The first kappa shape index (κ1) is 15.8. The zero-order chi connectivity index (χ0) is 14.6. The van der Waals surface area contributed by atoms with Crippen LogP contribution in [0.15, 0.2) is 16.3 Å². The second-order valence-corrected chi connectivity index (χ2v) is 9.05. The molecule has 0 atom stereocenters. The van der Waals surface area contributed by atoms with Crippen molar-refractivity contribution >= 4 is 37.0 Å². The van der Waals surface area contributed by atoms with Gasteiger partial charge in [-0.3, -0.25) is 4.79 Å². The molecule has 0 unspecified atom stereocenters. The summed E-state index contributed by atoms with van der Waals surface area (Å²) < 4.78 is 22.4. The molecule has 0 radical (unpaired) electrons. The number of carbonyl (C=O) groups is 1. The van der Waals surface area contributed by atoms with Crippen LogP contribution in [0.3, 0.4) is 0 Å². The summed E-state index contributed by atoms with van der Waals surface area (Å²) in [7, 11) is 1.57. The standard InChI is InChI=1S/C13H18ClNO3S2/c14-20(17,18)13-8-7-11(19-13)9-12(16)15-10-5-3-1-2-4-6-10/h7-8,10H,1-6,9H2,(H,15,16). The number of hydrogen-bond donors (Lipinski definition) is 1. The highest BCUT2D eigenvalue weighted by molar-refractivity contribution is 8.15. The van der Waals surface area contributed by atoms with Crippen LogP contribution in [-0.4, -0.2) is 20.4 Å². The molecule has 0 aromatic carbocycles. The van der Waals surface area contributed by atoms with Gasteiger partial charge in [-0.15, -0.1) is 11.3 Å². The van der Waals surface area contributed by atoms with Gasteiger partial charge in [-0.1, -0.05) is 25.7 Å². The van der Waals surface area contributed by atoms with Gasteiger partial charge in [-0.05, 0) is 25.0 Å². The van der Waals surface area contributed by atoms with E-state index in [0.717, 1.165) is 29.1 Å². The van der Waals surface area contributed by atoms with Gasteiger partial charge in [0.05, 0.1) is 6.42 Å². The number of halogens is 1. The Morgan fingerprint density at radius 1 is 1.25 bits per heavy atom. The Labute approximate surface area is 127 Å². The van der Waals surface area contributed by atoms with Crippen molar-refractivity contribution in [3.8, 4) is 0 Å². The van der Waals surface area contributed by atoms with Crippen LogP contribution in [0.2, 0.25) is 0 Å². The molecule has 0 aliphatic heterocycles. The second-order valence-electron chi connectivity index (χ2n) is 5.09. The largest absolute Gasteiger partial charge is 0.353 e. The molecule has 1 aliphatic rings. The summed E-state index contributed by atoms with van der Waals surface area (Å²) in [6.07, 6.45) is 7.11. The molecule has 1 N–H and O–H groups in total. The first-order valence-corrected chi connectivity index (χ1v) is 9.90. The maximum Gasteiger partial charge on any atom is 0.270 e. The van der Waals surface area contributed by atoms with Crippen molar-refractivity contribution in [3.05, 3.63) is 17.0 Å². The Morgan fingerprint density at radius 2 is 1.90 bits per heavy atom. The second kappa shape index (κ2) is 6.91. The van der Waals surface area contributed by atoms with Crippen molar-refractivity contribution in [2.45, 2.75) is 55.2 Å². The molecule has 20 heavy (non-hydrogen) atoms. The summed E-state index contributed by atoms with van der Waals surface area (Å²) in [5.41, 5.74) is 0. The van der Waals surface area contributed by atoms with E-state index < -0.39 is 9.05 Å². The van der Waals surface area contributed by atoms with E-state index in [1.165, 1.54) is 31.7 Å². The van der Waals surface area contributed by atoms with Gasteiger partial charge < -0.3 is 5.32 Å². The molecule has 1 aliphatic carbocycles. The van der Waals surface area contributed by atoms with Gasteiger partial charge in [-0.2, -0.15) is 0 Å². The van der Waals surface area contributed by atoms with Crippen molar-refractivity contribution in [1.82, 2.24) is 5.32 Å². The fraction of sp³-hybridized carbons (Fsp3) is 0.615. The van der Waals surface area contributed by atoms with Crippen LogP contribution < -0.4 is 5.32 Å². The number of nitrogens with one attached hydrogen (secondary N) is 1. The lowest BCUT2D eigenvalue weighted by atomic mass is 10.1. The Balaban J connectivity index is 1.89. The smallest absolute Gasteiger partial charge is 0.270 e. The molecule has 0 bridgehead atoms. The quantitative estimate of drug-likeness (QED) is 0.679. The molecule has 0 saturated heterocycles. The van der Waals surface area contributed by atoms with Gasteiger partial charge in [0.25, 0.3) is 9.05 Å². The number of amides is 1. The lowest BCUT2D eigenvalue weighted by molar-refractivity contribution is -0.121. The van der Waals surface area contributed by atoms with Crippen molar-refractivity contribution in [2.24, 2.45) is 0 Å². The summed E-state index contributed by atoms with van der Waals surface area (Å²) in [5.74, 6) is -0.0442. The first-order valence-electron chi connectivity index (χ1n) is 6.78. The Morgan fingerprint density at radius 3 is 2.45 bits per heavy atom. The molecule has 2 rings (SSSR count). The predicted molar refractivity (Wildman–Crippen MR) is 80.7 cm³/mol. The Kier molecular flexibility index (Phi) is 5.46. The van der Waals surface area contributed by atoms with Gasteiger partial charge in [0.1, 0.15) is 4.21 Å². The predicted octanol–water partition coefficient (Wildman–Crippen LogP) is 3.06. The summed E-state index contributed by atoms with van der Waals surface area (Å²) in [6.45, 7) is 0. The Hall–Kier alpha value is -0.590. The van der Waals surface area contributed by atoms with E-state index in [-0.39, 0.29) is 22.6 Å². The van der Waals surface area contributed by atoms with E-state index in [9.17, 15) is 13.2 Å². The van der Waals surface area contributed by atoms with Crippen LogP contribution >= 0.6 is 22.0 Å². The number of thiophene rings is 1. The molecule has 7 heteroatoms. The Bertz CT molecular complexity index is 560. The van der Waals surface area contributed by atoms with Gasteiger partial charge in [0.15, 0.2) is 0 Å². The average Bonchev–Trinajstić information content (AvgIpc) is 2.67. The third-order valence-electron chi connectivity index (χ3n) is 3.43. The molecule has 1 heterocycles. The molecule has 112 valence electrons. The molecule has 1 fully saturated rings. The molecule has 1 saturated carbocycles. The molecule has 1 aromatic rings. The maximum absolute atomic E-state index is 12.0. The van der Waals surface area contributed by atoms with E-state index in [2.05, 4.69) is 5.32 Å². The summed E-state index contributed by atoms with van der Waals surface area (Å²) >= 11 is 1.05. The zero-order valence-corrected chi connectivity index (χ0v) is 13.5. The molecule has 1 aromatic heterocycles. The molecule has 0 spiro atoms. The van der Waals surface area contributed by atoms with Crippen LogP contribution in [0.5, 0.6) is 0 Å². The lowest BCUT2D eigenvalue weighted by Crippen LogP contribution is -2.35. The highest BCUT2D eigenvalue weighted by atomic mass is 35.7. The minimum atomic E-state index is -3.69. The average molecular weight is 336 g/mol. The van der Waals surface area contributed by atoms with Gasteiger partial charge in [0.2, 0.25) is 5.91 Å². The fourth-order valence-electron chi connectivity index (χ4n) is 2.44. The van der Waals surface area contributed by atoms with Crippen molar-refractivity contribution in [2.75, 3.05) is 0 Å². The summed E-state index contributed by atoms with van der Waals surface area (Å²) in [4.78, 5) is 12.7. The highest BCUT2D eigenvalue weighted by Crippen LogP contribution is 2.25. The van der Waals surface area contributed by atoms with E-state index in [1.54, 1.807) is 6.07 Å². The van der Waals surface area contributed by atoms with E-state index in [4.69, 9.17) is 10.7 Å². The SMILES string of the molecule is O=C(Cc1ccc(S(=O)(=O)Cl)s1)NC1CCCCCC1. The van der Waals surface area contributed by atoms with Gasteiger partial charge >= 0.3 is 0 Å². The van der Waals surface area contributed by atoms with Crippen LogP contribution in [0.25, 0.3) is 0 Å². The van der Waals surface area contributed by atoms with Crippen LogP contribution in [-0.2, 0) is 20.3 Å². The monoisotopic (exact) mass is 335 g/mol. The minimum Gasteiger partial charge on any atom is -0.353 e. The minimum absolute atomic E-state index is 0.0442. The van der Waals surface area contributed by atoms with E-state index >= 15 is 0 Å². The van der Waals surface area contributed by atoms with E-state index in [1.807, 2.05) is 0 Å². The molecule has 4 nitrogen and oxygen atoms in total. The third-order valence-corrected chi connectivity index (χ3v) is 6.61. The topological polar surface area (TPSA) is 63.2 Å². The van der Waals surface area contributed by atoms with Crippen LogP contribution in [0.4, 0.5) is 0 Å². The number of hydrogen-bond acceptors (Lipinski definition) is 4. The molecule has 1 amide bonds. The van der Waals surface area contributed by atoms with Crippen molar-refractivity contribution < 1.29 is 13.2 Å². The normalized spacial score (nSPS) is 17.6. The van der Waals surface area contributed by atoms with Gasteiger partial charge in [-0.25, -0.2) is 8.42 Å². The van der Waals surface area contributed by atoms with Crippen LogP contribution in [0, 0.1) is 0 Å². The highest BCUT2D eigenvalue weighted by Gasteiger charge is 2.17. The van der Waals surface area contributed by atoms with Crippen molar-refractivity contribution in [3.63, 3.8) is 0 Å². The summed E-state index contributed by atoms with van der Waals surface area (Å²) in [6, 6.07) is 3.36. The fourth-order valence-corrected chi connectivity index (χ4v) is 4.57. The third kappa shape index (κ3) is 4.75. The molecular weight excluding hydrogens is 318 g/mol. The van der Waals surface area contributed by atoms with Crippen molar-refractivity contribution in [1.29, 1.82) is 0 Å². The lowest BCUT2D eigenvalue weighted by Gasteiger charge is -2.15. The zero-order valence-electron chi connectivity index (χ0n) is 11.1. The van der Waals surface area contributed by atoms with Crippen LogP contribution in [0.1, 0.15) is 43.4 Å². The number of rotatable bonds is 4. The summed E-state index contributed by atoms with van der Waals surface area (Å²) in [5, 5.41) is 3.04. The van der Waals surface area contributed by atoms with Gasteiger partial charge in [0, 0.05) is 21.6 Å². The first-order chi connectivity index (χ1) is 9.45. The molecular formula is C13H18ClNO3S2. The maximum atomic E-state index is 12.0. The number of carbonyl (C=O) groups excluding carboxylic acids is 1.